The van der Waals surface area contributed by atoms with Crippen LogP contribution in [0.3, 0.4) is 0 Å². The van der Waals surface area contributed by atoms with Gasteiger partial charge in [0.05, 0.1) is 19.6 Å². The van der Waals surface area contributed by atoms with Crippen molar-refractivity contribution in [3.05, 3.63) is 22.2 Å². The average Bonchev–Trinajstić information content (AvgIpc) is 2.47. The molecule has 0 spiro atoms. The first kappa shape index (κ1) is 15.2. The Kier molecular flexibility index (Phi) is 4.58. The molecule has 1 aromatic carbocycles. The van der Waals surface area contributed by atoms with Gasteiger partial charge < -0.3 is 14.6 Å². The maximum atomic E-state index is 11.9. The molecule has 0 aliphatic heterocycles. The summed E-state index contributed by atoms with van der Waals surface area (Å²) in [5.74, 6) is 0.404. The molecule has 1 N–H and O–H groups in total. The lowest BCUT2D eigenvalue weighted by Gasteiger charge is -2.34. The molecule has 1 fully saturated rings. The number of aliphatic carboxylic acids is 1. The molecule has 1 aliphatic rings. The van der Waals surface area contributed by atoms with E-state index in [4.69, 9.17) is 9.47 Å². The summed E-state index contributed by atoms with van der Waals surface area (Å²) >= 11 is 3.49. The summed E-state index contributed by atoms with van der Waals surface area (Å²) in [6.07, 6.45) is 4.30. The van der Waals surface area contributed by atoms with Crippen molar-refractivity contribution in [2.45, 2.75) is 37.5 Å². The molecule has 20 heavy (non-hydrogen) atoms. The normalized spacial score (nSPS) is 17.6. The molecule has 0 aromatic heterocycles. The second-order valence-electron chi connectivity index (χ2n) is 5.13. The highest BCUT2D eigenvalue weighted by atomic mass is 79.9. The predicted molar refractivity (Wildman–Crippen MR) is 79.6 cm³/mol. The Balaban J connectivity index is 2.56. The van der Waals surface area contributed by atoms with Gasteiger partial charge in [-0.25, -0.2) is 0 Å². The highest BCUT2D eigenvalue weighted by molar-refractivity contribution is 9.10. The van der Waals surface area contributed by atoms with Crippen molar-refractivity contribution >= 4 is 21.9 Å². The first-order valence-corrected chi connectivity index (χ1v) is 7.50. The highest BCUT2D eigenvalue weighted by Crippen LogP contribution is 2.46. The predicted octanol–water partition coefficient (Wildman–Crippen LogP) is 3.75. The van der Waals surface area contributed by atoms with Crippen molar-refractivity contribution in [1.29, 1.82) is 0 Å². The summed E-state index contributed by atoms with van der Waals surface area (Å²) in [4.78, 5) is 11.9. The number of methoxy groups -OCH3 is 2. The molecule has 1 saturated carbocycles. The molecule has 1 aliphatic carbocycles. The molecule has 0 amide bonds. The van der Waals surface area contributed by atoms with E-state index in [2.05, 4.69) is 15.9 Å². The third-order valence-corrected chi connectivity index (χ3v) is 4.76. The van der Waals surface area contributed by atoms with Crippen LogP contribution in [0.1, 0.15) is 37.7 Å². The molecule has 5 heteroatoms. The van der Waals surface area contributed by atoms with Crippen LogP contribution in [0.25, 0.3) is 0 Å². The fraction of sp³-hybridized carbons (Fsp3) is 0.533. The van der Waals surface area contributed by atoms with Crippen molar-refractivity contribution in [3.8, 4) is 11.5 Å². The summed E-state index contributed by atoms with van der Waals surface area (Å²) in [5, 5.41) is 9.76. The molecule has 0 heterocycles. The van der Waals surface area contributed by atoms with E-state index in [0.717, 1.165) is 29.3 Å². The van der Waals surface area contributed by atoms with Crippen molar-refractivity contribution in [3.63, 3.8) is 0 Å². The number of hydrogen-bond donors (Lipinski definition) is 1. The van der Waals surface area contributed by atoms with Gasteiger partial charge >= 0.3 is 5.97 Å². The van der Waals surface area contributed by atoms with Crippen LogP contribution >= 0.6 is 15.9 Å². The monoisotopic (exact) mass is 342 g/mol. The minimum absolute atomic E-state index is 0.567. The lowest BCUT2D eigenvalue weighted by atomic mass is 9.69. The molecule has 1 aromatic rings. The fourth-order valence-corrected chi connectivity index (χ4v) is 3.68. The van der Waals surface area contributed by atoms with Gasteiger partial charge in [0.1, 0.15) is 0 Å². The Morgan fingerprint density at radius 3 is 2.20 bits per heavy atom. The molecule has 0 radical (unpaired) electrons. The fourth-order valence-electron chi connectivity index (χ4n) is 2.97. The molecule has 0 bridgehead atoms. The number of hydrogen-bond acceptors (Lipinski definition) is 3. The van der Waals surface area contributed by atoms with Gasteiger partial charge in [0.15, 0.2) is 11.5 Å². The van der Waals surface area contributed by atoms with E-state index >= 15 is 0 Å². The van der Waals surface area contributed by atoms with Crippen LogP contribution in [0.5, 0.6) is 11.5 Å². The van der Waals surface area contributed by atoms with Crippen LogP contribution in [0, 0.1) is 0 Å². The quantitative estimate of drug-likeness (QED) is 0.905. The minimum Gasteiger partial charge on any atom is -0.493 e. The summed E-state index contributed by atoms with van der Waals surface area (Å²) in [6, 6.07) is 3.58. The van der Waals surface area contributed by atoms with Crippen molar-refractivity contribution < 1.29 is 19.4 Å². The van der Waals surface area contributed by atoms with Crippen LogP contribution in [-0.2, 0) is 10.2 Å². The minimum atomic E-state index is -0.823. The van der Waals surface area contributed by atoms with Crippen molar-refractivity contribution in [2.75, 3.05) is 14.2 Å². The Morgan fingerprint density at radius 1 is 1.15 bits per heavy atom. The number of carboxylic acids is 1. The largest absolute Gasteiger partial charge is 0.493 e. The van der Waals surface area contributed by atoms with Crippen molar-refractivity contribution in [1.82, 2.24) is 0 Å². The molecular formula is C15H19BrO4. The first-order chi connectivity index (χ1) is 9.55. The van der Waals surface area contributed by atoms with Gasteiger partial charge in [0, 0.05) is 4.47 Å². The standard InChI is InChI=1S/C15H19BrO4/c1-19-12-8-10(11(16)9-13(12)20-2)15(14(17)18)6-4-3-5-7-15/h8-9H,3-7H2,1-2H3,(H,17,18). The van der Waals surface area contributed by atoms with E-state index in [1.54, 1.807) is 26.4 Å². The summed E-state index contributed by atoms with van der Waals surface area (Å²) < 4.78 is 11.3. The molecule has 0 atom stereocenters. The molecule has 0 unspecified atom stereocenters. The zero-order chi connectivity index (χ0) is 14.8. The topological polar surface area (TPSA) is 55.8 Å². The van der Waals surface area contributed by atoms with Crippen LogP contribution < -0.4 is 9.47 Å². The number of halogens is 1. The van der Waals surface area contributed by atoms with E-state index in [1.807, 2.05) is 0 Å². The Bertz CT molecular complexity index is 507. The van der Waals surface area contributed by atoms with E-state index in [1.165, 1.54) is 0 Å². The van der Waals surface area contributed by atoms with Crippen LogP contribution in [0.4, 0.5) is 0 Å². The van der Waals surface area contributed by atoms with Gasteiger partial charge in [-0.1, -0.05) is 35.2 Å². The van der Waals surface area contributed by atoms with Gasteiger partial charge in [-0.05, 0) is 30.5 Å². The Labute approximate surface area is 127 Å². The number of benzene rings is 1. The van der Waals surface area contributed by atoms with E-state index in [-0.39, 0.29) is 0 Å². The maximum Gasteiger partial charge on any atom is 0.314 e. The smallest absolute Gasteiger partial charge is 0.314 e. The van der Waals surface area contributed by atoms with Gasteiger partial charge in [0.2, 0.25) is 0 Å². The number of rotatable bonds is 4. The first-order valence-electron chi connectivity index (χ1n) is 6.70. The summed E-state index contributed by atoms with van der Waals surface area (Å²) in [7, 11) is 3.13. The molecule has 0 saturated heterocycles. The second kappa shape index (κ2) is 6.04. The second-order valence-corrected chi connectivity index (χ2v) is 5.99. The zero-order valence-corrected chi connectivity index (χ0v) is 13.3. The highest BCUT2D eigenvalue weighted by Gasteiger charge is 2.43. The molecular weight excluding hydrogens is 324 g/mol. The van der Waals surface area contributed by atoms with Crippen LogP contribution in [0.15, 0.2) is 16.6 Å². The number of carboxylic acid groups (broad SMARTS) is 1. The average molecular weight is 343 g/mol. The van der Waals surface area contributed by atoms with Crippen LogP contribution in [0.2, 0.25) is 0 Å². The van der Waals surface area contributed by atoms with Crippen LogP contribution in [-0.4, -0.2) is 25.3 Å². The third kappa shape index (κ3) is 2.51. The number of ether oxygens (including phenoxy) is 2. The molecule has 4 nitrogen and oxygen atoms in total. The van der Waals surface area contributed by atoms with Gasteiger partial charge in [-0.15, -0.1) is 0 Å². The van der Waals surface area contributed by atoms with Crippen molar-refractivity contribution in [2.24, 2.45) is 0 Å². The summed E-state index contributed by atoms with van der Waals surface area (Å²) in [5.41, 5.74) is -0.0428. The lowest BCUT2D eigenvalue weighted by molar-refractivity contribution is -0.145. The SMILES string of the molecule is COc1cc(Br)c(C2(C(=O)O)CCCCC2)cc1OC. The van der Waals surface area contributed by atoms with Gasteiger partial charge in [0.25, 0.3) is 0 Å². The molecule has 110 valence electrons. The Morgan fingerprint density at radius 2 is 1.70 bits per heavy atom. The Hall–Kier alpha value is -1.23. The molecule has 2 rings (SSSR count). The summed E-state index contributed by atoms with van der Waals surface area (Å²) in [6.45, 7) is 0. The zero-order valence-electron chi connectivity index (χ0n) is 11.7. The van der Waals surface area contributed by atoms with E-state index < -0.39 is 11.4 Å². The lowest BCUT2D eigenvalue weighted by Crippen LogP contribution is -2.38. The van der Waals surface area contributed by atoms with E-state index in [0.29, 0.717) is 24.3 Å². The number of carbonyl (C=O) groups is 1. The van der Waals surface area contributed by atoms with Gasteiger partial charge in [-0.2, -0.15) is 0 Å². The maximum absolute atomic E-state index is 11.9. The third-order valence-electron chi connectivity index (χ3n) is 4.11. The van der Waals surface area contributed by atoms with E-state index in [9.17, 15) is 9.90 Å². The van der Waals surface area contributed by atoms with Gasteiger partial charge in [-0.3, -0.25) is 4.79 Å².